The van der Waals surface area contributed by atoms with E-state index in [0.717, 1.165) is 21.9 Å². The Hall–Kier alpha value is -1.81. The van der Waals surface area contributed by atoms with Crippen molar-refractivity contribution in [1.29, 1.82) is 0 Å². The molecule has 0 aliphatic heterocycles. The SMILES string of the molecule is Cc1ccc2c(c1)nc(-c1sccc1N)n2C1CC1. The topological polar surface area (TPSA) is 43.8 Å². The Morgan fingerprint density at radius 2 is 2.16 bits per heavy atom. The third-order valence-electron chi connectivity index (χ3n) is 3.66. The molecule has 4 rings (SSSR count). The van der Waals surface area contributed by atoms with E-state index < -0.39 is 0 Å². The van der Waals surface area contributed by atoms with Gasteiger partial charge in [-0.3, -0.25) is 0 Å². The zero-order valence-corrected chi connectivity index (χ0v) is 11.6. The zero-order valence-electron chi connectivity index (χ0n) is 10.8. The van der Waals surface area contributed by atoms with Crippen molar-refractivity contribution >= 4 is 28.1 Å². The van der Waals surface area contributed by atoms with E-state index in [9.17, 15) is 0 Å². The summed E-state index contributed by atoms with van der Waals surface area (Å²) in [6.45, 7) is 2.11. The summed E-state index contributed by atoms with van der Waals surface area (Å²) in [4.78, 5) is 5.93. The van der Waals surface area contributed by atoms with E-state index in [1.807, 2.05) is 11.4 Å². The van der Waals surface area contributed by atoms with Gasteiger partial charge in [0.2, 0.25) is 0 Å². The van der Waals surface area contributed by atoms with E-state index in [1.54, 1.807) is 11.3 Å². The Labute approximate surface area is 115 Å². The maximum absolute atomic E-state index is 6.07. The third-order valence-corrected chi connectivity index (χ3v) is 4.58. The predicted octanol–water partition coefficient (Wildman–Crippen LogP) is 3.99. The van der Waals surface area contributed by atoms with E-state index in [1.165, 1.54) is 23.9 Å². The van der Waals surface area contributed by atoms with Crippen LogP contribution in [0.1, 0.15) is 24.4 Å². The van der Waals surface area contributed by atoms with Crippen molar-refractivity contribution in [3.05, 3.63) is 35.2 Å². The van der Waals surface area contributed by atoms with Crippen LogP contribution in [-0.2, 0) is 0 Å². The fourth-order valence-electron chi connectivity index (χ4n) is 2.57. The number of rotatable bonds is 2. The number of hydrogen-bond acceptors (Lipinski definition) is 3. The van der Waals surface area contributed by atoms with Crippen molar-refractivity contribution in [2.75, 3.05) is 5.73 Å². The summed E-state index contributed by atoms with van der Waals surface area (Å²) in [6.07, 6.45) is 2.50. The summed E-state index contributed by atoms with van der Waals surface area (Å²) in [5.41, 5.74) is 10.5. The molecule has 1 saturated carbocycles. The number of anilines is 1. The van der Waals surface area contributed by atoms with Crippen molar-refractivity contribution in [2.24, 2.45) is 0 Å². The standard InChI is InChI=1S/C15H15N3S/c1-9-2-5-13-12(8-9)17-15(18(13)10-3-4-10)14-11(16)6-7-19-14/h2,5-8,10H,3-4,16H2,1H3. The summed E-state index contributed by atoms with van der Waals surface area (Å²) in [7, 11) is 0. The molecule has 2 N–H and O–H groups in total. The lowest BCUT2D eigenvalue weighted by atomic mass is 10.2. The molecular weight excluding hydrogens is 254 g/mol. The van der Waals surface area contributed by atoms with Crippen LogP contribution in [0.5, 0.6) is 0 Å². The lowest BCUT2D eigenvalue weighted by Crippen LogP contribution is -1.97. The lowest BCUT2D eigenvalue weighted by Gasteiger charge is -2.06. The number of hydrogen-bond donors (Lipinski definition) is 1. The van der Waals surface area contributed by atoms with Gasteiger partial charge in [0.15, 0.2) is 5.82 Å². The van der Waals surface area contributed by atoms with Gasteiger partial charge in [-0.2, -0.15) is 0 Å². The second kappa shape index (κ2) is 3.84. The first-order chi connectivity index (χ1) is 9.24. The van der Waals surface area contributed by atoms with Crippen molar-refractivity contribution in [3.8, 4) is 10.7 Å². The smallest absolute Gasteiger partial charge is 0.153 e. The first-order valence-electron chi connectivity index (χ1n) is 6.56. The van der Waals surface area contributed by atoms with Crippen molar-refractivity contribution in [3.63, 3.8) is 0 Å². The highest BCUT2D eigenvalue weighted by molar-refractivity contribution is 7.14. The maximum atomic E-state index is 6.07. The monoisotopic (exact) mass is 269 g/mol. The molecule has 0 atom stereocenters. The van der Waals surface area contributed by atoms with Crippen LogP contribution >= 0.6 is 11.3 Å². The summed E-state index contributed by atoms with van der Waals surface area (Å²) < 4.78 is 2.37. The molecule has 0 unspecified atom stereocenters. The third kappa shape index (κ3) is 1.67. The number of aromatic nitrogens is 2. The number of aryl methyl sites for hydroxylation is 1. The maximum Gasteiger partial charge on any atom is 0.153 e. The van der Waals surface area contributed by atoms with Crippen molar-refractivity contribution < 1.29 is 0 Å². The van der Waals surface area contributed by atoms with Crippen LogP contribution in [0.25, 0.3) is 21.7 Å². The number of thiophene rings is 1. The van der Waals surface area contributed by atoms with Crippen LogP contribution in [0.4, 0.5) is 5.69 Å². The zero-order chi connectivity index (χ0) is 13.0. The molecule has 19 heavy (non-hydrogen) atoms. The molecule has 0 spiro atoms. The van der Waals surface area contributed by atoms with Gasteiger partial charge >= 0.3 is 0 Å². The lowest BCUT2D eigenvalue weighted by molar-refractivity contribution is 0.777. The molecule has 3 nitrogen and oxygen atoms in total. The minimum Gasteiger partial charge on any atom is -0.397 e. The van der Waals surface area contributed by atoms with Crippen LogP contribution in [0.15, 0.2) is 29.6 Å². The largest absolute Gasteiger partial charge is 0.397 e. The van der Waals surface area contributed by atoms with Gasteiger partial charge < -0.3 is 10.3 Å². The van der Waals surface area contributed by atoms with Crippen LogP contribution < -0.4 is 5.73 Å². The van der Waals surface area contributed by atoms with E-state index in [4.69, 9.17) is 10.7 Å². The molecule has 1 fully saturated rings. The number of nitrogen functional groups attached to an aromatic ring is 1. The van der Waals surface area contributed by atoms with Crippen LogP contribution in [0.3, 0.4) is 0 Å². The molecule has 2 heterocycles. The number of nitrogens with two attached hydrogens (primary N) is 1. The Balaban J connectivity index is 2.04. The highest BCUT2D eigenvalue weighted by Gasteiger charge is 2.29. The van der Waals surface area contributed by atoms with E-state index in [0.29, 0.717) is 6.04 Å². The highest BCUT2D eigenvalue weighted by Crippen LogP contribution is 2.43. The average molecular weight is 269 g/mol. The molecule has 3 aromatic rings. The summed E-state index contributed by atoms with van der Waals surface area (Å²) in [6, 6.07) is 9.06. The van der Waals surface area contributed by atoms with Crippen molar-refractivity contribution in [1.82, 2.24) is 9.55 Å². The number of benzene rings is 1. The van der Waals surface area contributed by atoms with E-state index in [2.05, 4.69) is 29.7 Å². The summed E-state index contributed by atoms with van der Waals surface area (Å²) in [5.74, 6) is 1.04. The van der Waals surface area contributed by atoms with Gasteiger partial charge in [0.05, 0.1) is 21.6 Å². The molecule has 0 radical (unpaired) electrons. The molecular formula is C15H15N3S. The molecule has 1 aliphatic rings. The Bertz CT molecular complexity index is 765. The fraction of sp³-hybridized carbons (Fsp3) is 0.267. The van der Waals surface area contributed by atoms with Crippen LogP contribution in [-0.4, -0.2) is 9.55 Å². The van der Waals surface area contributed by atoms with Gasteiger partial charge in [-0.1, -0.05) is 6.07 Å². The normalized spacial score (nSPS) is 15.2. The molecule has 1 aromatic carbocycles. The Kier molecular flexibility index (Phi) is 2.23. The van der Waals surface area contributed by atoms with Gasteiger partial charge in [-0.05, 0) is 48.9 Å². The predicted molar refractivity (Wildman–Crippen MR) is 80.5 cm³/mol. The van der Waals surface area contributed by atoms with Gasteiger partial charge in [-0.25, -0.2) is 4.98 Å². The van der Waals surface area contributed by atoms with Crippen molar-refractivity contribution in [2.45, 2.75) is 25.8 Å². The van der Waals surface area contributed by atoms with Crippen LogP contribution in [0.2, 0.25) is 0 Å². The number of nitrogens with zero attached hydrogens (tertiary/aromatic N) is 2. The molecule has 1 aliphatic carbocycles. The molecule has 4 heteroatoms. The number of fused-ring (bicyclic) bond motifs is 1. The van der Waals surface area contributed by atoms with Gasteiger partial charge in [-0.15, -0.1) is 11.3 Å². The molecule has 2 aromatic heterocycles. The van der Waals surface area contributed by atoms with Gasteiger partial charge in [0.1, 0.15) is 0 Å². The summed E-state index contributed by atoms with van der Waals surface area (Å²) in [5, 5.41) is 2.03. The minimum absolute atomic E-state index is 0.601. The Morgan fingerprint density at radius 3 is 2.84 bits per heavy atom. The van der Waals surface area contributed by atoms with E-state index >= 15 is 0 Å². The second-order valence-electron chi connectivity index (χ2n) is 5.23. The molecule has 0 amide bonds. The highest BCUT2D eigenvalue weighted by atomic mass is 32.1. The Morgan fingerprint density at radius 1 is 1.32 bits per heavy atom. The number of imidazole rings is 1. The summed E-state index contributed by atoms with van der Waals surface area (Å²) >= 11 is 1.67. The molecule has 0 saturated heterocycles. The molecule has 96 valence electrons. The minimum atomic E-state index is 0.601. The van der Waals surface area contributed by atoms with Gasteiger partial charge in [0.25, 0.3) is 0 Å². The molecule has 0 bridgehead atoms. The fourth-order valence-corrected chi connectivity index (χ4v) is 3.38. The second-order valence-corrected chi connectivity index (χ2v) is 6.15. The average Bonchev–Trinajstić information content (AvgIpc) is 3.03. The quantitative estimate of drug-likeness (QED) is 0.764. The first-order valence-corrected chi connectivity index (χ1v) is 7.44. The first kappa shape index (κ1) is 11.1. The van der Waals surface area contributed by atoms with Gasteiger partial charge in [0, 0.05) is 6.04 Å². The van der Waals surface area contributed by atoms with E-state index in [-0.39, 0.29) is 0 Å². The van der Waals surface area contributed by atoms with Crippen LogP contribution in [0, 0.1) is 6.92 Å².